The molecular formula is C16H17ClN2O. The smallest absolute Gasteiger partial charge is 0.142 e. The Morgan fingerprint density at radius 2 is 1.90 bits per heavy atom. The predicted molar refractivity (Wildman–Crippen MR) is 84.0 cm³/mol. The lowest BCUT2D eigenvalue weighted by Gasteiger charge is -2.06. The van der Waals surface area contributed by atoms with Gasteiger partial charge in [-0.25, -0.2) is 0 Å². The van der Waals surface area contributed by atoms with Gasteiger partial charge in [0.2, 0.25) is 0 Å². The van der Waals surface area contributed by atoms with E-state index in [0.717, 1.165) is 22.4 Å². The summed E-state index contributed by atoms with van der Waals surface area (Å²) in [5, 5.41) is 4.82. The summed E-state index contributed by atoms with van der Waals surface area (Å²) in [6, 6.07) is 13.4. The molecule has 2 rings (SSSR count). The lowest BCUT2D eigenvalue weighted by Crippen LogP contribution is -2.02. The molecule has 104 valence electrons. The van der Waals surface area contributed by atoms with Gasteiger partial charge in [-0.2, -0.15) is 0 Å². The molecule has 3 nitrogen and oxygen atoms in total. The van der Waals surface area contributed by atoms with E-state index < -0.39 is 0 Å². The molecule has 4 heteroatoms. The summed E-state index contributed by atoms with van der Waals surface area (Å²) in [6.07, 6.45) is 0. The molecule has 0 atom stereocenters. The zero-order valence-electron chi connectivity index (χ0n) is 11.6. The quantitative estimate of drug-likeness (QED) is 0.521. The van der Waals surface area contributed by atoms with Crippen molar-refractivity contribution in [2.45, 2.75) is 20.5 Å². The van der Waals surface area contributed by atoms with Gasteiger partial charge in [0.05, 0.1) is 5.71 Å². The van der Waals surface area contributed by atoms with Gasteiger partial charge in [0.1, 0.15) is 6.61 Å². The molecule has 0 spiro atoms. The van der Waals surface area contributed by atoms with Crippen molar-refractivity contribution in [1.82, 2.24) is 0 Å². The van der Waals surface area contributed by atoms with Crippen molar-refractivity contribution in [3.05, 3.63) is 64.2 Å². The van der Waals surface area contributed by atoms with Crippen LogP contribution in [0.4, 0.5) is 5.69 Å². The van der Waals surface area contributed by atoms with Crippen molar-refractivity contribution in [2.24, 2.45) is 5.16 Å². The summed E-state index contributed by atoms with van der Waals surface area (Å²) in [4.78, 5) is 5.35. The average Bonchev–Trinajstić information content (AvgIpc) is 2.41. The number of anilines is 1. The third kappa shape index (κ3) is 3.75. The van der Waals surface area contributed by atoms with Gasteiger partial charge in [0.25, 0.3) is 0 Å². The molecule has 0 heterocycles. The van der Waals surface area contributed by atoms with E-state index in [2.05, 4.69) is 5.16 Å². The standard InChI is InChI=1S/C16H17ClN2O/c1-11-3-8-15(16(18)9-11)12(2)19-20-10-13-4-6-14(17)7-5-13/h3-9H,10,18H2,1-2H3/b19-12+. The first kappa shape index (κ1) is 14.4. The summed E-state index contributed by atoms with van der Waals surface area (Å²) in [7, 11) is 0. The zero-order chi connectivity index (χ0) is 14.5. The van der Waals surface area contributed by atoms with E-state index in [0.29, 0.717) is 17.3 Å². The van der Waals surface area contributed by atoms with Crippen LogP contribution in [-0.2, 0) is 11.4 Å². The van der Waals surface area contributed by atoms with Crippen molar-refractivity contribution in [1.29, 1.82) is 0 Å². The molecule has 0 bridgehead atoms. The van der Waals surface area contributed by atoms with Crippen LogP contribution in [0.15, 0.2) is 47.6 Å². The first-order valence-corrected chi connectivity index (χ1v) is 6.71. The second kappa shape index (κ2) is 6.44. The molecule has 0 unspecified atom stereocenters. The normalized spacial score (nSPS) is 11.4. The van der Waals surface area contributed by atoms with Crippen molar-refractivity contribution in [2.75, 3.05) is 5.73 Å². The number of nitrogens with two attached hydrogens (primary N) is 1. The Bertz CT molecular complexity index is 621. The van der Waals surface area contributed by atoms with E-state index in [-0.39, 0.29) is 0 Å². The summed E-state index contributed by atoms with van der Waals surface area (Å²) in [5.74, 6) is 0. The number of hydrogen-bond acceptors (Lipinski definition) is 3. The van der Waals surface area contributed by atoms with Crippen LogP contribution in [0, 0.1) is 6.92 Å². The number of hydrogen-bond donors (Lipinski definition) is 1. The van der Waals surface area contributed by atoms with Crippen molar-refractivity contribution < 1.29 is 4.84 Å². The SMILES string of the molecule is C/C(=N\OCc1ccc(Cl)cc1)c1ccc(C)cc1N. The summed E-state index contributed by atoms with van der Waals surface area (Å²) in [5.41, 5.74) is 10.5. The molecular weight excluding hydrogens is 272 g/mol. The lowest BCUT2D eigenvalue weighted by atomic mass is 10.1. The van der Waals surface area contributed by atoms with Crippen LogP contribution in [0.2, 0.25) is 5.02 Å². The first-order valence-electron chi connectivity index (χ1n) is 6.34. The summed E-state index contributed by atoms with van der Waals surface area (Å²) >= 11 is 5.82. The largest absolute Gasteiger partial charge is 0.398 e. The Balaban J connectivity index is 2.02. The van der Waals surface area contributed by atoms with Crippen LogP contribution in [0.1, 0.15) is 23.6 Å². The van der Waals surface area contributed by atoms with Gasteiger partial charge in [0.15, 0.2) is 0 Å². The highest BCUT2D eigenvalue weighted by Crippen LogP contribution is 2.15. The molecule has 20 heavy (non-hydrogen) atoms. The van der Waals surface area contributed by atoms with Gasteiger partial charge in [0, 0.05) is 16.3 Å². The van der Waals surface area contributed by atoms with E-state index in [9.17, 15) is 0 Å². The Kier molecular flexibility index (Phi) is 4.64. The van der Waals surface area contributed by atoms with Crippen LogP contribution in [0.5, 0.6) is 0 Å². The second-order valence-corrected chi connectivity index (χ2v) is 5.10. The third-order valence-electron chi connectivity index (χ3n) is 2.94. The van der Waals surface area contributed by atoms with E-state index in [1.54, 1.807) is 0 Å². The fourth-order valence-corrected chi connectivity index (χ4v) is 1.97. The Hall–Kier alpha value is -2.00. The first-order chi connectivity index (χ1) is 9.56. The van der Waals surface area contributed by atoms with Gasteiger partial charge < -0.3 is 10.6 Å². The lowest BCUT2D eigenvalue weighted by molar-refractivity contribution is 0.130. The number of nitrogen functional groups attached to an aromatic ring is 1. The number of rotatable bonds is 4. The topological polar surface area (TPSA) is 47.6 Å². The van der Waals surface area contributed by atoms with Crippen LogP contribution >= 0.6 is 11.6 Å². The number of nitrogens with zero attached hydrogens (tertiary/aromatic N) is 1. The van der Waals surface area contributed by atoms with Gasteiger partial charge in [-0.1, -0.05) is 41.0 Å². The molecule has 0 aromatic heterocycles. The van der Waals surface area contributed by atoms with Crippen LogP contribution < -0.4 is 5.73 Å². The van der Waals surface area contributed by atoms with Gasteiger partial charge in [-0.15, -0.1) is 0 Å². The molecule has 0 aliphatic carbocycles. The zero-order valence-corrected chi connectivity index (χ0v) is 12.3. The number of aryl methyl sites for hydroxylation is 1. The van der Waals surface area contributed by atoms with Crippen LogP contribution in [0.3, 0.4) is 0 Å². The summed E-state index contributed by atoms with van der Waals surface area (Å²) in [6.45, 7) is 4.28. The molecule has 0 amide bonds. The third-order valence-corrected chi connectivity index (χ3v) is 3.19. The highest BCUT2D eigenvalue weighted by atomic mass is 35.5. The van der Waals surface area contributed by atoms with Gasteiger partial charge in [-0.05, 0) is 43.2 Å². The minimum Gasteiger partial charge on any atom is -0.398 e. The Morgan fingerprint density at radius 1 is 1.20 bits per heavy atom. The maximum absolute atomic E-state index is 5.97. The fraction of sp³-hybridized carbons (Fsp3) is 0.188. The molecule has 0 aliphatic heterocycles. The number of benzene rings is 2. The fourth-order valence-electron chi connectivity index (χ4n) is 1.85. The molecule has 0 radical (unpaired) electrons. The predicted octanol–water partition coefficient (Wildman–Crippen LogP) is 4.17. The maximum Gasteiger partial charge on any atom is 0.142 e. The average molecular weight is 289 g/mol. The van der Waals surface area contributed by atoms with Crippen molar-refractivity contribution in [3.63, 3.8) is 0 Å². The minimum atomic E-state index is 0.403. The van der Waals surface area contributed by atoms with Crippen LogP contribution in [-0.4, -0.2) is 5.71 Å². The molecule has 2 N–H and O–H groups in total. The minimum absolute atomic E-state index is 0.403. The number of halogens is 1. The molecule has 2 aromatic carbocycles. The monoisotopic (exact) mass is 288 g/mol. The molecule has 0 aliphatic rings. The van der Waals surface area contributed by atoms with Crippen molar-refractivity contribution in [3.8, 4) is 0 Å². The van der Waals surface area contributed by atoms with Crippen LogP contribution in [0.25, 0.3) is 0 Å². The van der Waals surface area contributed by atoms with Gasteiger partial charge in [-0.3, -0.25) is 0 Å². The van der Waals surface area contributed by atoms with Gasteiger partial charge >= 0.3 is 0 Å². The maximum atomic E-state index is 5.97. The summed E-state index contributed by atoms with van der Waals surface area (Å²) < 4.78 is 0. The number of oxime groups is 1. The highest BCUT2D eigenvalue weighted by Gasteiger charge is 2.03. The highest BCUT2D eigenvalue weighted by molar-refractivity contribution is 6.30. The van der Waals surface area contributed by atoms with E-state index in [1.165, 1.54) is 0 Å². The second-order valence-electron chi connectivity index (χ2n) is 4.67. The van der Waals surface area contributed by atoms with Crippen molar-refractivity contribution >= 4 is 23.0 Å². The molecule has 0 saturated heterocycles. The Morgan fingerprint density at radius 3 is 2.55 bits per heavy atom. The Labute approximate surface area is 124 Å². The van der Waals surface area contributed by atoms with E-state index >= 15 is 0 Å². The van der Waals surface area contributed by atoms with E-state index in [1.807, 2.05) is 56.3 Å². The van der Waals surface area contributed by atoms with E-state index in [4.69, 9.17) is 22.2 Å². The molecule has 2 aromatic rings. The molecule has 0 saturated carbocycles. The molecule has 0 fully saturated rings.